The second kappa shape index (κ2) is 6.22. The van der Waals surface area contributed by atoms with E-state index < -0.39 is 5.97 Å². The molecular weight excluding hydrogens is 212 g/mol. The Labute approximate surface area is 93.6 Å². The van der Waals surface area contributed by atoms with Crippen molar-refractivity contribution in [3.63, 3.8) is 0 Å². The number of carboxylic acids is 1. The average molecular weight is 228 g/mol. The largest absolute Gasteiger partial charge is 0.481 e. The highest BCUT2D eigenvalue weighted by atomic mass is 16.5. The maximum atomic E-state index is 10.3. The molecule has 0 saturated heterocycles. The molecule has 16 heavy (non-hydrogen) atoms. The van der Waals surface area contributed by atoms with Gasteiger partial charge in [-0.1, -0.05) is 6.92 Å². The summed E-state index contributed by atoms with van der Waals surface area (Å²) in [5.74, 6) is 0.345. The number of carboxylic acid groups (broad SMARTS) is 1. The number of aliphatic carboxylic acids is 1. The van der Waals surface area contributed by atoms with Crippen LogP contribution in [0.2, 0.25) is 0 Å². The zero-order chi connectivity index (χ0) is 12.0. The van der Waals surface area contributed by atoms with Crippen LogP contribution in [-0.2, 0) is 22.4 Å². The summed E-state index contributed by atoms with van der Waals surface area (Å²) in [4.78, 5) is 10.3. The Morgan fingerprint density at radius 2 is 2.19 bits per heavy atom. The molecule has 1 N–H and O–H groups in total. The Kier molecular flexibility index (Phi) is 4.91. The van der Waals surface area contributed by atoms with Crippen LogP contribution >= 0.6 is 0 Å². The molecule has 6 nitrogen and oxygen atoms in total. The standard InChI is InChI=1S/C10H16N2O4/c1-7(6-15-2)5-9-12-11-8(16-9)3-4-10(13)14/h7H,3-6H2,1-2H3,(H,13,14). The van der Waals surface area contributed by atoms with Gasteiger partial charge in [0.1, 0.15) is 0 Å². The Balaban J connectivity index is 2.41. The average Bonchev–Trinajstić information content (AvgIpc) is 2.63. The van der Waals surface area contributed by atoms with Crippen molar-refractivity contribution in [2.45, 2.75) is 26.2 Å². The fraction of sp³-hybridized carbons (Fsp3) is 0.700. The van der Waals surface area contributed by atoms with Gasteiger partial charge in [0.05, 0.1) is 6.42 Å². The molecule has 1 aromatic rings. The van der Waals surface area contributed by atoms with Crippen molar-refractivity contribution in [1.29, 1.82) is 0 Å². The Morgan fingerprint density at radius 3 is 2.81 bits per heavy atom. The number of hydrogen-bond donors (Lipinski definition) is 1. The van der Waals surface area contributed by atoms with Crippen LogP contribution in [0.5, 0.6) is 0 Å². The molecule has 1 rings (SSSR count). The lowest BCUT2D eigenvalue weighted by Crippen LogP contribution is -2.07. The SMILES string of the molecule is COCC(C)Cc1nnc(CCC(=O)O)o1. The molecule has 1 heterocycles. The van der Waals surface area contributed by atoms with Crippen LogP contribution < -0.4 is 0 Å². The first-order valence-electron chi connectivity index (χ1n) is 5.13. The van der Waals surface area contributed by atoms with Crippen molar-refractivity contribution < 1.29 is 19.1 Å². The lowest BCUT2D eigenvalue weighted by atomic mass is 10.1. The van der Waals surface area contributed by atoms with Crippen molar-refractivity contribution in [3.8, 4) is 0 Å². The number of rotatable bonds is 7. The van der Waals surface area contributed by atoms with E-state index in [1.54, 1.807) is 7.11 Å². The molecule has 0 bridgehead atoms. The van der Waals surface area contributed by atoms with E-state index in [1.165, 1.54) is 0 Å². The maximum Gasteiger partial charge on any atom is 0.303 e. The van der Waals surface area contributed by atoms with Crippen LogP contribution in [0.4, 0.5) is 0 Å². The summed E-state index contributed by atoms with van der Waals surface area (Å²) in [6.45, 7) is 2.65. The summed E-state index contributed by atoms with van der Waals surface area (Å²) in [6.07, 6.45) is 0.935. The molecule has 0 radical (unpaired) electrons. The van der Waals surface area contributed by atoms with Gasteiger partial charge in [-0.2, -0.15) is 0 Å². The van der Waals surface area contributed by atoms with E-state index in [0.29, 0.717) is 30.7 Å². The summed E-state index contributed by atoms with van der Waals surface area (Å²) in [5.41, 5.74) is 0. The minimum Gasteiger partial charge on any atom is -0.481 e. The van der Waals surface area contributed by atoms with E-state index in [2.05, 4.69) is 10.2 Å². The molecule has 0 aliphatic rings. The first kappa shape index (κ1) is 12.6. The minimum absolute atomic E-state index is 0.00918. The Hall–Kier alpha value is -1.43. The highest BCUT2D eigenvalue weighted by Gasteiger charge is 2.11. The van der Waals surface area contributed by atoms with Crippen molar-refractivity contribution in [2.75, 3.05) is 13.7 Å². The number of carbonyl (C=O) groups is 1. The van der Waals surface area contributed by atoms with Gasteiger partial charge in [-0.3, -0.25) is 4.79 Å². The highest BCUT2D eigenvalue weighted by molar-refractivity contribution is 5.66. The van der Waals surface area contributed by atoms with Gasteiger partial charge < -0.3 is 14.3 Å². The quantitative estimate of drug-likeness (QED) is 0.746. The predicted molar refractivity (Wildman–Crippen MR) is 55.0 cm³/mol. The van der Waals surface area contributed by atoms with Gasteiger partial charge in [0, 0.05) is 26.6 Å². The van der Waals surface area contributed by atoms with E-state index in [4.69, 9.17) is 14.3 Å². The summed E-state index contributed by atoms with van der Waals surface area (Å²) in [6, 6.07) is 0. The van der Waals surface area contributed by atoms with Crippen LogP contribution in [0, 0.1) is 5.92 Å². The second-order valence-electron chi connectivity index (χ2n) is 3.75. The van der Waals surface area contributed by atoms with Crippen molar-refractivity contribution >= 4 is 5.97 Å². The monoisotopic (exact) mass is 228 g/mol. The molecule has 0 aliphatic carbocycles. The molecule has 0 spiro atoms. The maximum absolute atomic E-state index is 10.3. The number of methoxy groups -OCH3 is 1. The molecular formula is C10H16N2O4. The van der Waals surface area contributed by atoms with E-state index in [0.717, 1.165) is 0 Å². The van der Waals surface area contributed by atoms with Crippen LogP contribution in [0.1, 0.15) is 25.1 Å². The fourth-order valence-electron chi connectivity index (χ4n) is 1.33. The number of hydrogen-bond acceptors (Lipinski definition) is 5. The normalized spacial score (nSPS) is 12.6. The van der Waals surface area contributed by atoms with Gasteiger partial charge in [-0.25, -0.2) is 0 Å². The van der Waals surface area contributed by atoms with Gasteiger partial charge in [0.15, 0.2) is 0 Å². The molecule has 0 aliphatic heterocycles. The zero-order valence-corrected chi connectivity index (χ0v) is 9.47. The number of nitrogens with zero attached hydrogens (tertiary/aromatic N) is 2. The number of aromatic nitrogens is 2. The molecule has 0 fully saturated rings. The number of aryl methyl sites for hydroxylation is 1. The number of ether oxygens (including phenoxy) is 1. The fourth-order valence-corrected chi connectivity index (χ4v) is 1.33. The topological polar surface area (TPSA) is 85.5 Å². The predicted octanol–water partition coefficient (Wildman–Crippen LogP) is 0.912. The van der Waals surface area contributed by atoms with Gasteiger partial charge >= 0.3 is 5.97 Å². The first-order valence-corrected chi connectivity index (χ1v) is 5.13. The van der Waals surface area contributed by atoms with Gasteiger partial charge in [-0.05, 0) is 5.92 Å². The second-order valence-corrected chi connectivity index (χ2v) is 3.75. The summed E-state index contributed by atoms with van der Waals surface area (Å²) < 4.78 is 10.3. The van der Waals surface area contributed by atoms with Crippen LogP contribution in [0.3, 0.4) is 0 Å². The van der Waals surface area contributed by atoms with Crippen LogP contribution in [-0.4, -0.2) is 35.0 Å². The summed E-state index contributed by atoms with van der Waals surface area (Å²) >= 11 is 0. The van der Waals surface area contributed by atoms with Gasteiger partial charge in [-0.15, -0.1) is 10.2 Å². The molecule has 0 saturated carbocycles. The van der Waals surface area contributed by atoms with Crippen molar-refractivity contribution in [2.24, 2.45) is 5.92 Å². The third-order valence-electron chi connectivity index (χ3n) is 2.04. The third kappa shape index (κ3) is 4.39. The molecule has 1 aromatic heterocycles. The molecule has 1 atom stereocenters. The van der Waals surface area contributed by atoms with E-state index in [9.17, 15) is 4.79 Å². The van der Waals surface area contributed by atoms with E-state index in [1.807, 2.05) is 6.92 Å². The van der Waals surface area contributed by atoms with Crippen LogP contribution in [0.25, 0.3) is 0 Å². The third-order valence-corrected chi connectivity index (χ3v) is 2.04. The first-order chi connectivity index (χ1) is 7.61. The Morgan fingerprint density at radius 1 is 1.50 bits per heavy atom. The minimum atomic E-state index is -0.868. The van der Waals surface area contributed by atoms with Gasteiger partial charge in [0.2, 0.25) is 11.8 Å². The van der Waals surface area contributed by atoms with E-state index in [-0.39, 0.29) is 12.8 Å². The highest BCUT2D eigenvalue weighted by Crippen LogP contribution is 2.09. The van der Waals surface area contributed by atoms with Crippen LogP contribution in [0.15, 0.2) is 4.42 Å². The molecule has 0 amide bonds. The Bertz CT molecular complexity index is 337. The molecule has 90 valence electrons. The molecule has 0 aromatic carbocycles. The smallest absolute Gasteiger partial charge is 0.303 e. The molecule has 6 heteroatoms. The van der Waals surface area contributed by atoms with E-state index >= 15 is 0 Å². The lowest BCUT2D eigenvalue weighted by Gasteiger charge is -2.05. The summed E-state index contributed by atoms with van der Waals surface area (Å²) in [7, 11) is 1.64. The van der Waals surface area contributed by atoms with Crippen molar-refractivity contribution in [3.05, 3.63) is 11.8 Å². The van der Waals surface area contributed by atoms with Gasteiger partial charge in [0.25, 0.3) is 0 Å². The molecule has 1 unspecified atom stereocenters. The lowest BCUT2D eigenvalue weighted by molar-refractivity contribution is -0.137. The van der Waals surface area contributed by atoms with Crippen molar-refractivity contribution in [1.82, 2.24) is 10.2 Å². The summed E-state index contributed by atoms with van der Waals surface area (Å²) in [5, 5.41) is 16.1. The zero-order valence-electron chi connectivity index (χ0n) is 9.47.